The van der Waals surface area contributed by atoms with Crippen molar-refractivity contribution in [2.75, 3.05) is 7.05 Å². The highest BCUT2D eigenvalue weighted by Crippen LogP contribution is 2.20. The fourth-order valence-corrected chi connectivity index (χ4v) is 2.37. The van der Waals surface area contributed by atoms with Gasteiger partial charge in [-0.15, -0.1) is 0 Å². The van der Waals surface area contributed by atoms with E-state index >= 15 is 0 Å². The van der Waals surface area contributed by atoms with E-state index in [4.69, 9.17) is 0 Å². The zero-order valence-electron chi connectivity index (χ0n) is 12.3. The van der Waals surface area contributed by atoms with Crippen LogP contribution in [-0.2, 0) is 6.42 Å². The summed E-state index contributed by atoms with van der Waals surface area (Å²) in [6, 6.07) is 9.73. The van der Waals surface area contributed by atoms with Gasteiger partial charge in [0, 0.05) is 6.04 Å². The second-order valence-corrected chi connectivity index (χ2v) is 5.18. The minimum atomic E-state index is 0.525. The lowest BCUT2D eigenvalue weighted by Crippen LogP contribution is -2.16. The van der Waals surface area contributed by atoms with Crippen molar-refractivity contribution >= 4 is 0 Å². The van der Waals surface area contributed by atoms with Crippen LogP contribution in [0.4, 0.5) is 0 Å². The summed E-state index contributed by atoms with van der Waals surface area (Å²) in [5.74, 6) is 0. The van der Waals surface area contributed by atoms with E-state index in [9.17, 15) is 0 Å². The zero-order chi connectivity index (χ0) is 13.2. The molecule has 0 aliphatic rings. The van der Waals surface area contributed by atoms with Crippen LogP contribution in [0.5, 0.6) is 0 Å². The lowest BCUT2D eigenvalue weighted by molar-refractivity contribution is 0.512. The Morgan fingerprint density at radius 2 is 1.61 bits per heavy atom. The van der Waals surface area contributed by atoms with Gasteiger partial charge >= 0.3 is 0 Å². The highest BCUT2D eigenvalue weighted by molar-refractivity contribution is 5.25. The van der Waals surface area contributed by atoms with Crippen LogP contribution >= 0.6 is 0 Å². The molecule has 0 amide bonds. The summed E-state index contributed by atoms with van der Waals surface area (Å²) < 4.78 is 0. The standard InChI is InChI=1S/C17H29N/c1-4-6-8-10-17(18-3)16-13-11-15(12-14-16)9-7-5-2/h11-14,17-18H,4-10H2,1-3H3. The number of nitrogens with one attached hydrogen (secondary N) is 1. The van der Waals surface area contributed by atoms with E-state index in [0.717, 1.165) is 0 Å². The Labute approximate surface area is 113 Å². The van der Waals surface area contributed by atoms with Crippen LogP contribution in [0.1, 0.15) is 69.5 Å². The Balaban J connectivity index is 2.52. The van der Waals surface area contributed by atoms with Crippen LogP contribution in [0, 0.1) is 0 Å². The average molecular weight is 247 g/mol. The molecular formula is C17H29N. The van der Waals surface area contributed by atoms with E-state index in [1.54, 1.807) is 0 Å². The molecule has 102 valence electrons. The first-order valence-electron chi connectivity index (χ1n) is 7.57. The largest absolute Gasteiger partial charge is 0.313 e. The van der Waals surface area contributed by atoms with Gasteiger partial charge in [-0.2, -0.15) is 0 Å². The molecule has 1 heteroatoms. The van der Waals surface area contributed by atoms with Gasteiger partial charge in [-0.3, -0.25) is 0 Å². The van der Waals surface area contributed by atoms with E-state index in [0.29, 0.717) is 6.04 Å². The highest BCUT2D eigenvalue weighted by Gasteiger charge is 2.08. The summed E-state index contributed by atoms with van der Waals surface area (Å²) in [7, 11) is 2.07. The third-order valence-electron chi connectivity index (χ3n) is 3.65. The minimum Gasteiger partial charge on any atom is -0.313 e. The summed E-state index contributed by atoms with van der Waals surface area (Å²) in [4.78, 5) is 0. The Hall–Kier alpha value is -0.820. The Kier molecular flexibility index (Phi) is 7.75. The van der Waals surface area contributed by atoms with E-state index in [-0.39, 0.29) is 0 Å². The smallest absolute Gasteiger partial charge is 0.0317 e. The maximum atomic E-state index is 3.44. The van der Waals surface area contributed by atoms with Crippen LogP contribution in [0.25, 0.3) is 0 Å². The SMILES string of the molecule is CCCCCC(NC)c1ccc(CCCC)cc1. The molecule has 0 aromatic heterocycles. The number of aryl methyl sites for hydroxylation is 1. The predicted octanol–water partition coefficient (Wildman–Crippen LogP) is 4.87. The first-order chi connectivity index (χ1) is 8.81. The third kappa shape index (κ3) is 5.22. The van der Waals surface area contributed by atoms with Crippen molar-refractivity contribution in [1.29, 1.82) is 0 Å². The molecule has 0 heterocycles. The molecule has 0 bridgehead atoms. The number of benzene rings is 1. The van der Waals surface area contributed by atoms with Crippen molar-refractivity contribution in [3.05, 3.63) is 35.4 Å². The van der Waals surface area contributed by atoms with Gasteiger partial charge in [0.05, 0.1) is 0 Å². The van der Waals surface area contributed by atoms with Crippen molar-refractivity contribution < 1.29 is 0 Å². The van der Waals surface area contributed by atoms with Crippen molar-refractivity contribution in [2.24, 2.45) is 0 Å². The molecule has 1 rings (SSSR count). The number of rotatable bonds is 9. The maximum absolute atomic E-state index is 3.44. The van der Waals surface area contributed by atoms with E-state index in [2.05, 4.69) is 50.5 Å². The second kappa shape index (κ2) is 9.16. The van der Waals surface area contributed by atoms with Crippen LogP contribution in [0.15, 0.2) is 24.3 Å². The molecule has 0 saturated carbocycles. The quantitative estimate of drug-likeness (QED) is 0.614. The highest BCUT2D eigenvalue weighted by atomic mass is 14.9. The molecule has 0 radical (unpaired) electrons. The van der Waals surface area contributed by atoms with Gasteiger partial charge in [-0.05, 0) is 37.4 Å². The monoisotopic (exact) mass is 247 g/mol. The first-order valence-corrected chi connectivity index (χ1v) is 7.57. The second-order valence-electron chi connectivity index (χ2n) is 5.18. The molecule has 0 saturated heterocycles. The molecule has 0 aliphatic carbocycles. The first kappa shape index (κ1) is 15.2. The lowest BCUT2D eigenvalue weighted by atomic mass is 9.98. The Bertz CT molecular complexity index is 302. The molecule has 18 heavy (non-hydrogen) atoms. The van der Waals surface area contributed by atoms with Crippen molar-refractivity contribution in [1.82, 2.24) is 5.32 Å². The van der Waals surface area contributed by atoms with E-state index in [1.807, 2.05) is 0 Å². The molecule has 0 aliphatic heterocycles. The predicted molar refractivity (Wildman–Crippen MR) is 81.0 cm³/mol. The summed E-state index contributed by atoms with van der Waals surface area (Å²) in [6.07, 6.45) is 9.00. The maximum Gasteiger partial charge on any atom is 0.0317 e. The van der Waals surface area contributed by atoms with Gasteiger partial charge < -0.3 is 5.32 Å². The Morgan fingerprint density at radius 3 is 2.17 bits per heavy atom. The summed E-state index contributed by atoms with van der Waals surface area (Å²) in [6.45, 7) is 4.51. The molecule has 1 unspecified atom stereocenters. The van der Waals surface area contributed by atoms with Gasteiger partial charge in [-0.1, -0.05) is 63.8 Å². The van der Waals surface area contributed by atoms with E-state index < -0.39 is 0 Å². The van der Waals surface area contributed by atoms with Gasteiger partial charge in [0.15, 0.2) is 0 Å². The molecule has 0 spiro atoms. The molecule has 1 aromatic rings. The number of hydrogen-bond acceptors (Lipinski definition) is 1. The molecule has 1 N–H and O–H groups in total. The normalized spacial score (nSPS) is 12.6. The fourth-order valence-electron chi connectivity index (χ4n) is 2.37. The van der Waals surface area contributed by atoms with Gasteiger partial charge in [0.1, 0.15) is 0 Å². The number of hydrogen-bond donors (Lipinski definition) is 1. The molecule has 1 atom stereocenters. The zero-order valence-corrected chi connectivity index (χ0v) is 12.3. The van der Waals surface area contributed by atoms with E-state index in [1.165, 1.54) is 56.1 Å². The van der Waals surface area contributed by atoms with Gasteiger partial charge in [0.25, 0.3) is 0 Å². The molecule has 1 aromatic carbocycles. The number of unbranched alkanes of at least 4 members (excludes halogenated alkanes) is 3. The average Bonchev–Trinajstić information content (AvgIpc) is 2.42. The van der Waals surface area contributed by atoms with Gasteiger partial charge in [0.2, 0.25) is 0 Å². The summed E-state index contributed by atoms with van der Waals surface area (Å²) in [5, 5.41) is 3.44. The molecule has 1 nitrogen and oxygen atoms in total. The van der Waals surface area contributed by atoms with Crippen molar-refractivity contribution in [3.8, 4) is 0 Å². The van der Waals surface area contributed by atoms with Crippen LogP contribution in [0.3, 0.4) is 0 Å². The lowest BCUT2D eigenvalue weighted by Gasteiger charge is -2.17. The van der Waals surface area contributed by atoms with Crippen molar-refractivity contribution in [2.45, 2.75) is 64.8 Å². The Morgan fingerprint density at radius 1 is 0.944 bits per heavy atom. The van der Waals surface area contributed by atoms with Crippen molar-refractivity contribution in [3.63, 3.8) is 0 Å². The topological polar surface area (TPSA) is 12.0 Å². The summed E-state index contributed by atoms with van der Waals surface area (Å²) >= 11 is 0. The molecule has 0 fully saturated rings. The van der Waals surface area contributed by atoms with Crippen LogP contribution in [0.2, 0.25) is 0 Å². The molecular weight excluding hydrogens is 218 g/mol. The fraction of sp³-hybridized carbons (Fsp3) is 0.647. The minimum absolute atomic E-state index is 0.525. The van der Waals surface area contributed by atoms with Crippen LogP contribution < -0.4 is 5.32 Å². The van der Waals surface area contributed by atoms with Gasteiger partial charge in [-0.25, -0.2) is 0 Å². The summed E-state index contributed by atoms with van der Waals surface area (Å²) in [5.41, 5.74) is 2.91. The van der Waals surface area contributed by atoms with Crippen LogP contribution in [-0.4, -0.2) is 7.05 Å². The third-order valence-corrected chi connectivity index (χ3v) is 3.65.